The molecule has 1 aliphatic carbocycles. The van der Waals surface area contributed by atoms with Crippen molar-refractivity contribution in [3.05, 3.63) is 23.2 Å². The molecule has 0 aliphatic heterocycles. The van der Waals surface area contributed by atoms with Gasteiger partial charge in [0.05, 0.1) is 16.2 Å². The molecule has 0 atom stereocenters. The summed E-state index contributed by atoms with van der Waals surface area (Å²) in [5.41, 5.74) is 7.33. The van der Waals surface area contributed by atoms with Gasteiger partial charge in [-0.25, -0.2) is 4.68 Å². The molecule has 2 N–H and O–H groups in total. The first-order chi connectivity index (χ1) is 8.62. The minimum atomic E-state index is 0.00753. The molecule has 94 valence electrons. The van der Waals surface area contributed by atoms with Crippen LogP contribution in [-0.4, -0.2) is 20.2 Å². The number of tetrazole rings is 1. The van der Waals surface area contributed by atoms with E-state index in [0.29, 0.717) is 16.5 Å². The number of aromatic nitrogens is 4. The molecule has 6 heteroatoms. The highest BCUT2D eigenvalue weighted by Crippen LogP contribution is 2.41. The highest BCUT2D eigenvalue weighted by molar-refractivity contribution is 6.33. The summed E-state index contributed by atoms with van der Waals surface area (Å²) in [6.45, 7) is 2.16. The van der Waals surface area contributed by atoms with E-state index in [1.807, 2.05) is 16.8 Å². The molecule has 0 amide bonds. The summed E-state index contributed by atoms with van der Waals surface area (Å²) in [7, 11) is 0. The molecule has 0 spiro atoms. The molecule has 0 bridgehead atoms. The van der Waals surface area contributed by atoms with Crippen LogP contribution in [0.1, 0.15) is 26.2 Å². The molecular formula is C12H14ClN5. The number of nitrogen functional groups attached to an aromatic ring is 1. The molecule has 1 saturated carbocycles. The van der Waals surface area contributed by atoms with Crippen LogP contribution in [-0.2, 0) is 5.54 Å². The third-order valence-corrected chi connectivity index (χ3v) is 4.03. The quantitative estimate of drug-likeness (QED) is 0.845. The van der Waals surface area contributed by atoms with Crippen LogP contribution in [0.4, 0.5) is 5.69 Å². The second-order valence-corrected chi connectivity index (χ2v) is 5.37. The Morgan fingerprint density at radius 2 is 2.17 bits per heavy atom. The Kier molecular flexibility index (Phi) is 2.52. The highest BCUT2D eigenvalue weighted by atomic mass is 35.5. The third-order valence-electron chi connectivity index (χ3n) is 3.71. The molecule has 5 nitrogen and oxygen atoms in total. The van der Waals surface area contributed by atoms with Crippen LogP contribution in [0.5, 0.6) is 0 Å². The average Bonchev–Trinajstić information content (AvgIpc) is 2.79. The van der Waals surface area contributed by atoms with E-state index >= 15 is 0 Å². The fourth-order valence-corrected chi connectivity index (χ4v) is 2.53. The second-order valence-electron chi connectivity index (χ2n) is 4.97. The lowest BCUT2D eigenvalue weighted by molar-refractivity contribution is 0.148. The summed E-state index contributed by atoms with van der Waals surface area (Å²) < 4.78 is 1.87. The Morgan fingerprint density at radius 1 is 1.39 bits per heavy atom. The van der Waals surface area contributed by atoms with Crippen LogP contribution < -0.4 is 5.73 Å². The van der Waals surface area contributed by atoms with Gasteiger partial charge in [-0.1, -0.05) is 17.7 Å². The maximum atomic E-state index is 6.04. The van der Waals surface area contributed by atoms with Crippen LogP contribution in [0.15, 0.2) is 18.2 Å². The van der Waals surface area contributed by atoms with Crippen molar-refractivity contribution in [2.24, 2.45) is 0 Å². The van der Waals surface area contributed by atoms with Gasteiger partial charge in [0.25, 0.3) is 0 Å². The maximum absolute atomic E-state index is 6.04. The first-order valence-corrected chi connectivity index (χ1v) is 6.33. The van der Waals surface area contributed by atoms with Crippen molar-refractivity contribution in [2.45, 2.75) is 31.7 Å². The summed E-state index contributed by atoms with van der Waals surface area (Å²) in [6, 6.07) is 5.52. The standard InChI is InChI=1S/C12H14ClN5/c1-12(6-3-7-12)18-11(15-16-17-18)8-4-2-5-9(13)10(8)14/h2,4-5H,3,6-7,14H2,1H3. The predicted octanol–water partition coefficient (Wildman–Crippen LogP) is 2.47. The number of para-hydroxylation sites is 1. The Balaban J connectivity index is 2.13. The highest BCUT2D eigenvalue weighted by Gasteiger charge is 2.37. The summed E-state index contributed by atoms with van der Waals surface area (Å²) in [5.74, 6) is 0.692. The van der Waals surface area contributed by atoms with Gasteiger partial charge in [-0.05, 0) is 48.7 Å². The largest absolute Gasteiger partial charge is 0.397 e. The van der Waals surface area contributed by atoms with E-state index in [2.05, 4.69) is 22.4 Å². The zero-order chi connectivity index (χ0) is 12.8. The van der Waals surface area contributed by atoms with E-state index < -0.39 is 0 Å². The summed E-state index contributed by atoms with van der Waals surface area (Å²) in [5, 5.41) is 12.5. The smallest absolute Gasteiger partial charge is 0.184 e. The van der Waals surface area contributed by atoms with Gasteiger partial charge in [0.2, 0.25) is 0 Å². The van der Waals surface area contributed by atoms with Crippen molar-refractivity contribution < 1.29 is 0 Å². The Morgan fingerprint density at radius 3 is 2.83 bits per heavy atom. The molecule has 1 aromatic heterocycles. The summed E-state index contributed by atoms with van der Waals surface area (Å²) >= 11 is 6.04. The molecule has 0 saturated heterocycles. The van der Waals surface area contributed by atoms with E-state index in [9.17, 15) is 0 Å². The van der Waals surface area contributed by atoms with Crippen LogP contribution in [0, 0.1) is 0 Å². The van der Waals surface area contributed by atoms with Crippen molar-refractivity contribution in [3.63, 3.8) is 0 Å². The van der Waals surface area contributed by atoms with E-state index in [1.165, 1.54) is 6.42 Å². The van der Waals surface area contributed by atoms with E-state index in [-0.39, 0.29) is 5.54 Å². The zero-order valence-corrected chi connectivity index (χ0v) is 10.9. The van der Waals surface area contributed by atoms with Crippen molar-refractivity contribution in [1.29, 1.82) is 0 Å². The van der Waals surface area contributed by atoms with Gasteiger partial charge in [-0.2, -0.15) is 0 Å². The van der Waals surface area contributed by atoms with E-state index in [1.54, 1.807) is 6.07 Å². The van der Waals surface area contributed by atoms with Crippen molar-refractivity contribution in [3.8, 4) is 11.4 Å². The summed E-state index contributed by atoms with van der Waals surface area (Å²) in [6.07, 6.45) is 3.39. The Labute approximate surface area is 110 Å². The SMILES string of the molecule is CC1(n2nnnc2-c2cccc(Cl)c2N)CCC1. The molecule has 0 unspecified atom stereocenters. The lowest BCUT2D eigenvalue weighted by atomic mass is 9.78. The number of anilines is 1. The van der Waals surface area contributed by atoms with Gasteiger partial charge >= 0.3 is 0 Å². The fourth-order valence-electron chi connectivity index (χ4n) is 2.35. The van der Waals surface area contributed by atoms with Crippen LogP contribution in [0.2, 0.25) is 5.02 Å². The molecule has 18 heavy (non-hydrogen) atoms. The van der Waals surface area contributed by atoms with Gasteiger partial charge in [-0.3, -0.25) is 0 Å². The van der Waals surface area contributed by atoms with Crippen LogP contribution >= 0.6 is 11.6 Å². The van der Waals surface area contributed by atoms with Gasteiger partial charge in [0.1, 0.15) is 0 Å². The van der Waals surface area contributed by atoms with Crippen molar-refractivity contribution in [2.75, 3.05) is 5.73 Å². The van der Waals surface area contributed by atoms with Gasteiger partial charge in [0.15, 0.2) is 5.82 Å². The Bertz CT molecular complexity index is 588. The van der Waals surface area contributed by atoms with Crippen LogP contribution in [0.3, 0.4) is 0 Å². The van der Waals surface area contributed by atoms with Gasteiger partial charge in [0, 0.05) is 5.56 Å². The van der Waals surface area contributed by atoms with E-state index in [0.717, 1.165) is 18.4 Å². The van der Waals surface area contributed by atoms with Gasteiger partial charge in [-0.15, -0.1) is 5.10 Å². The van der Waals surface area contributed by atoms with Crippen LogP contribution in [0.25, 0.3) is 11.4 Å². The molecule has 1 fully saturated rings. The third kappa shape index (κ3) is 1.58. The number of hydrogen-bond acceptors (Lipinski definition) is 4. The number of hydrogen-bond donors (Lipinski definition) is 1. The monoisotopic (exact) mass is 263 g/mol. The minimum Gasteiger partial charge on any atom is -0.397 e. The zero-order valence-electron chi connectivity index (χ0n) is 10.1. The maximum Gasteiger partial charge on any atom is 0.184 e. The van der Waals surface area contributed by atoms with E-state index in [4.69, 9.17) is 17.3 Å². The van der Waals surface area contributed by atoms with Gasteiger partial charge < -0.3 is 5.73 Å². The Hall–Kier alpha value is -1.62. The molecule has 0 radical (unpaired) electrons. The molecule has 2 aromatic rings. The molecule has 1 aromatic carbocycles. The van der Waals surface area contributed by atoms with Crippen molar-refractivity contribution >= 4 is 17.3 Å². The molecule has 1 aliphatic rings. The topological polar surface area (TPSA) is 69.6 Å². The minimum absolute atomic E-state index is 0.00753. The molecular weight excluding hydrogens is 250 g/mol. The van der Waals surface area contributed by atoms with Crippen molar-refractivity contribution in [1.82, 2.24) is 20.2 Å². The summed E-state index contributed by atoms with van der Waals surface area (Å²) in [4.78, 5) is 0. The fraction of sp³-hybridized carbons (Fsp3) is 0.417. The first-order valence-electron chi connectivity index (χ1n) is 5.95. The first kappa shape index (κ1) is 11.5. The average molecular weight is 264 g/mol. The molecule has 1 heterocycles. The number of rotatable bonds is 2. The number of nitrogens with zero attached hydrogens (tertiary/aromatic N) is 4. The second kappa shape index (κ2) is 3.95. The normalized spacial score (nSPS) is 17.4. The number of benzene rings is 1. The predicted molar refractivity (Wildman–Crippen MR) is 70.2 cm³/mol. The lowest BCUT2D eigenvalue weighted by Crippen LogP contribution is -2.38. The lowest BCUT2D eigenvalue weighted by Gasteiger charge is -2.38. The number of halogens is 1. The molecule has 3 rings (SSSR count). The number of nitrogens with two attached hydrogens (primary N) is 1.